The van der Waals surface area contributed by atoms with E-state index >= 15 is 0 Å². The highest BCUT2D eigenvalue weighted by Gasteiger charge is 2.18. The Bertz CT molecular complexity index is 1020. The van der Waals surface area contributed by atoms with Crippen LogP contribution in [0.3, 0.4) is 0 Å². The van der Waals surface area contributed by atoms with E-state index in [1.807, 2.05) is 6.08 Å². The number of carbonyl (C=O) groups is 2. The molecule has 0 radical (unpaired) electrons. The van der Waals surface area contributed by atoms with E-state index in [-0.39, 0.29) is 18.5 Å². The van der Waals surface area contributed by atoms with Crippen LogP contribution >= 0.6 is 0 Å². The fraction of sp³-hybridized carbons (Fsp3) is 0.815. The number of aliphatic hydroxyl groups is 2. The molecular formula is C54H99NO5. The second-order valence-electron chi connectivity index (χ2n) is 17.5. The summed E-state index contributed by atoms with van der Waals surface area (Å²) >= 11 is 0. The Balaban J connectivity index is 3.52. The lowest BCUT2D eigenvalue weighted by Gasteiger charge is -2.20. The fourth-order valence-electron chi connectivity index (χ4n) is 7.55. The van der Waals surface area contributed by atoms with Crippen molar-refractivity contribution in [2.24, 2.45) is 0 Å². The highest BCUT2D eigenvalue weighted by molar-refractivity contribution is 5.76. The molecule has 3 N–H and O–H groups in total. The lowest BCUT2D eigenvalue weighted by atomic mass is 10.0. The SMILES string of the molecule is CCC/C=C\C/C=C\CCCCCCCC(=O)OCCCCCCCCC/C=C\CCCCCCCC(=O)NC(CO)C(O)/C=C/CCCCCCCCCCCCCC. The first-order chi connectivity index (χ1) is 29.5. The van der Waals surface area contributed by atoms with Crippen molar-refractivity contribution >= 4 is 11.9 Å². The van der Waals surface area contributed by atoms with E-state index in [1.165, 1.54) is 154 Å². The minimum Gasteiger partial charge on any atom is -0.466 e. The summed E-state index contributed by atoms with van der Waals surface area (Å²) in [5, 5.41) is 23.0. The highest BCUT2D eigenvalue weighted by atomic mass is 16.5. The molecule has 0 heterocycles. The molecule has 6 nitrogen and oxygen atoms in total. The van der Waals surface area contributed by atoms with Crippen molar-refractivity contribution in [3.8, 4) is 0 Å². The van der Waals surface area contributed by atoms with Gasteiger partial charge in [0.25, 0.3) is 0 Å². The molecule has 0 aromatic heterocycles. The van der Waals surface area contributed by atoms with Gasteiger partial charge < -0.3 is 20.3 Å². The number of esters is 1. The second kappa shape index (κ2) is 49.5. The summed E-state index contributed by atoms with van der Waals surface area (Å²) in [4.78, 5) is 24.4. The van der Waals surface area contributed by atoms with Gasteiger partial charge in [0.15, 0.2) is 0 Å². The van der Waals surface area contributed by atoms with Crippen LogP contribution in [0.15, 0.2) is 48.6 Å². The lowest BCUT2D eigenvalue weighted by Crippen LogP contribution is -2.45. The number of unbranched alkanes of at least 4 members (excludes halogenated alkanes) is 30. The zero-order chi connectivity index (χ0) is 43.7. The molecule has 0 aliphatic heterocycles. The van der Waals surface area contributed by atoms with Crippen LogP contribution in [0.5, 0.6) is 0 Å². The molecule has 6 heteroatoms. The van der Waals surface area contributed by atoms with Gasteiger partial charge >= 0.3 is 5.97 Å². The maximum Gasteiger partial charge on any atom is 0.305 e. The predicted octanol–water partition coefficient (Wildman–Crippen LogP) is 15.5. The zero-order valence-corrected chi connectivity index (χ0v) is 39.7. The van der Waals surface area contributed by atoms with Crippen molar-refractivity contribution < 1.29 is 24.5 Å². The number of ether oxygens (including phenoxy) is 1. The van der Waals surface area contributed by atoms with E-state index in [0.717, 1.165) is 77.0 Å². The minimum absolute atomic E-state index is 0.0202. The second-order valence-corrected chi connectivity index (χ2v) is 17.5. The molecule has 0 saturated heterocycles. The molecule has 0 aliphatic rings. The van der Waals surface area contributed by atoms with Crippen molar-refractivity contribution in [2.45, 2.75) is 270 Å². The number of nitrogens with one attached hydrogen (secondary N) is 1. The van der Waals surface area contributed by atoms with Gasteiger partial charge in [-0.25, -0.2) is 0 Å². The summed E-state index contributed by atoms with van der Waals surface area (Å²) in [6.45, 7) is 4.79. The summed E-state index contributed by atoms with van der Waals surface area (Å²) in [7, 11) is 0. The number of carbonyl (C=O) groups excluding carboxylic acids is 2. The molecule has 0 fully saturated rings. The highest BCUT2D eigenvalue weighted by Crippen LogP contribution is 2.15. The zero-order valence-electron chi connectivity index (χ0n) is 39.7. The summed E-state index contributed by atoms with van der Waals surface area (Å²) in [5.41, 5.74) is 0. The molecule has 2 unspecified atom stereocenters. The van der Waals surface area contributed by atoms with Crippen LogP contribution in [0.4, 0.5) is 0 Å². The van der Waals surface area contributed by atoms with Crippen molar-refractivity contribution in [3.63, 3.8) is 0 Å². The molecule has 0 saturated carbocycles. The van der Waals surface area contributed by atoms with Crippen LogP contribution < -0.4 is 5.32 Å². The molecule has 0 bridgehead atoms. The average Bonchev–Trinajstić information content (AvgIpc) is 3.25. The van der Waals surface area contributed by atoms with Gasteiger partial charge in [-0.2, -0.15) is 0 Å². The van der Waals surface area contributed by atoms with Crippen LogP contribution in [0.2, 0.25) is 0 Å². The van der Waals surface area contributed by atoms with Crippen molar-refractivity contribution in [1.29, 1.82) is 0 Å². The molecule has 1 amide bonds. The average molecular weight is 842 g/mol. The van der Waals surface area contributed by atoms with Gasteiger partial charge in [0.05, 0.1) is 25.4 Å². The Morgan fingerprint density at radius 3 is 1.35 bits per heavy atom. The van der Waals surface area contributed by atoms with Crippen LogP contribution in [-0.4, -0.2) is 47.4 Å². The summed E-state index contributed by atoms with van der Waals surface area (Å²) in [5.74, 6) is -0.107. The smallest absolute Gasteiger partial charge is 0.305 e. The third-order valence-corrected chi connectivity index (χ3v) is 11.5. The summed E-state index contributed by atoms with van der Waals surface area (Å²) in [6, 6.07) is -0.640. The van der Waals surface area contributed by atoms with Gasteiger partial charge in [0, 0.05) is 12.8 Å². The van der Waals surface area contributed by atoms with Crippen LogP contribution in [0, 0.1) is 0 Å². The number of aliphatic hydroxyl groups excluding tert-OH is 2. The van der Waals surface area contributed by atoms with Crippen LogP contribution in [0.1, 0.15) is 258 Å². The van der Waals surface area contributed by atoms with Crippen molar-refractivity contribution in [3.05, 3.63) is 48.6 Å². The Labute approximate surface area is 372 Å². The first kappa shape index (κ1) is 57.8. The summed E-state index contributed by atoms with van der Waals surface area (Å²) in [6.07, 6.45) is 61.1. The molecule has 2 atom stereocenters. The Kier molecular flexibility index (Phi) is 47.7. The largest absolute Gasteiger partial charge is 0.466 e. The Morgan fingerprint density at radius 2 is 0.867 bits per heavy atom. The monoisotopic (exact) mass is 842 g/mol. The molecule has 60 heavy (non-hydrogen) atoms. The lowest BCUT2D eigenvalue weighted by molar-refractivity contribution is -0.143. The normalized spacial score (nSPS) is 13.1. The topological polar surface area (TPSA) is 95.9 Å². The Hall–Kier alpha value is -2.18. The Morgan fingerprint density at radius 1 is 0.467 bits per heavy atom. The van der Waals surface area contributed by atoms with Gasteiger partial charge in [0.2, 0.25) is 5.91 Å². The molecule has 0 aliphatic carbocycles. The quantitative estimate of drug-likeness (QED) is 0.0322. The maximum absolute atomic E-state index is 12.4. The third kappa shape index (κ3) is 45.3. The van der Waals surface area contributed by atoms with Gasteiger partial charge in [0.1, 0.15) is 0 Å². The summed E-state index contributed by atoms with van der Waals surface area (Å²) < 4.78 is 5.44. The first-order valence-corrected chi connectivity index (χ1v) is 25.9. The molecule has 0 aromatic carbocycles. The molecule has 0 spiro atoms. The van der Waals surface area contributed by atoms with Crippen molar-refractivity contribution in [2.75, 3.05) is 13.2 Å². The number of rotatable bonds is 47. The van der Waals surface area contributed by atoms with E-state index < -0.39 is 12.1 Å². The van der Waals surface area contributed by atoms with Crippen LogP contribution in [-0.2, 0) is 14.3 Å². The van der Waals surface area contributed by atoms with Gasteiger partial charge in [-0.1, -0.05) is 210 Å². The number of hydrogen-bond donors (Lipinski definition) is 3. The number of amides is 1. The molecule has 0 aromatic rings. The molecule has 0 rings (SSSR count). The van der Waals surface area contributed by atoms with E-state index in [2.05, 4.69) is 55.6 Å². The number of hydrogen-bond acceptors (Lipinski definition) is 5. The van der Waals surface area contributed by atoms with Gasteiger partial charge in [-0.05, 0) is 83.5 Å². The van der Waals surface area contributed by atoms with Gasteiger partial charge in [-0.3, -0.25) is 9.59 Å². The molecule has 350 valence electrons. The van der Waals surface area contributed by atoms with Crippen LogP contribution in [0.25, 0.3) is 0 Å². The minimum atomic E-state index is -0.855. The van der Waals surface area contributed by atoms with E-state index in [9.17, 15) is 19.8 Å². The van der Waals surface area contributed by atoms with Gasteiger partial charge in [-0.15, -0.1) is 0 Å². The van der Waals surface area contributed by atoms with E-state index in [0.29, 0.717) is 19.4 Å². The first-order valence-electron chi connectivity index (χ1n) is 25.9. The third-order valence-electron chi connectivity index (χ3n) is 11.5. The maximum atomic E-state index is 12.4. The fourth-order valence-corrected chi connectivity index (χ4v) is 7.55. The van der Waals surface area contributed by atoms with Crippen molar-refractivity contribution in [1.82, 2.24) is 5.32 Å². The predicted molar refractivity (Wildman–Crippen MR) is 259 cm³/mol. The standard InChI is InChI=1S/C54H99NO5/c1-3-5-7-9-11-13-15-17-23-26-30-34-38-42-46-52(57)51(50-56)55-53(58)47-43-39-35-31-27-24-20-18-19-21-25-29-33-37-41-45-49-60-54(59)48-44-40-36-32-28-22-16-14-12-10-8-6-4-2/h8,10,14,16,18,20,42,46,51-52,56-57H,3-7,9,11-13,15,17,19,21-41,43-45,47-50H2,1-2H3,(H,55,58)/b10-8-,16-14-,20-18-,46-42+. The number of allylic oxidation sites excluding steroid dienone is 7. The van der Waals surface area contributed by atoms with E-state index in [1.54, 1.807) is 6.08 Å². The van der Waals surface area contributed by atoms with E-state index in [4.69, 9.17) is 4.74 Å². The molecular weight excluding hydrogens is 743 g/mol.